The van der Waals surface area contributed by atoms with E-state index in [0.29, 0.717) is 0 Å². The number of nitrogens with one attached hydrogen (secondary N) is 1. The molecule has 0 heterocycles. The van der Waals surface area contributed by atoms with Crippen LogP contribution in [0.25, 0.3) is 0 Å². The molecule has 2 heteroatoms. The van der Waals surface area contributed by atoms with Crippen LogP contribution in [0.15, 0.2) is 0 Å². The predicted molar refractivity (Wildman–Crippen MR) is 67.0 cm³/mol. The summed E-state index contributed by atoms with van der Waals surface area (Å²) in [7, 11) is 0. The standard InChI is InChI=1S/C12H25NS/c1-3-9-14-10-12(13-4-2)11-7-5-6-8-11/h11-13H,3-10H2,1-2H3. The zero-order valence-corrected chi connectivity index (χ0v) is 10.5. The third-order valence-corrected chi connectivity index (χ3v) is 4.37. The highest BCUT2D eigenvalue weighted by molar-refractivity contribution is 7.99. The summed E-state index contributed by atoms with van der Waals surface area (Å²) in [6.45, 7) is 5.63. The largest absolute Gasteiger partial charge is 0.313 e. The molecule has 0 aliphatic heterocycles. The van der Waals surface area contributed by atoms with Crippen LogP contribution in [0.2, 0.25) is 0 Å². The fourth-order valence-corrected chi connectivity index (χ4v) is 3.44. The highest BCUT2D eigenvalue weighted by atomic mass is 32.2. The van der Waals surface area contributed by atoms with Crippen molar-refractivity contribution in [2.75, 3.05) is 18.1 Å². The summed E-state index contributed by atoms with van der Waals surface area (Å²) in [6.07, 6.45) is 7.17. The van der Waals surface area contributed by atoms with Crippen molar-refractivity contribution in [2.45, 2.75) is 52.0 Å². The molecule has 1 atom stereocenters. The van der Waals surface area contributed by atoms with E-state index in [4.69, 9.17) is 0 Å². The summed E-state index contributed by atoms with van der Waals surface area (Å²) in [6, 6.07) is 0.791. The van der Waals surface area contributed by atoms with Crippen molar-refractivity contribution in [2.24, 2.45) is 5.92 Å². The lowest BCUT2D eigenvalue weighted by Crippen LogP contribution is -2.37. The molecule has 1 nitrogen and oxygen atoms in total. The lowest BCUT2D eigenvalue weighted by molar-refractivity contribution is 0.394. The molecular formula is C12H25NS. The van der Waals surface area contributed by atoms with Crippen molar-refractivity contribution in [3.05, 3.63) is 0 Å². The van der Waals surface area contributed by atoms with Crippen LogP contribution < -0.4 is 5.32 Å². The maximum atomic E-state index is 3.66. The van der Waals surface area contributed by atoms with Crippen molar-refractivity contribution >= 4 is 11.8 Å². The normalized spacial score (nSPS) is 20.1. The van der Waals surface area contributed by atoms with Gasteiger partial charge in [-0.3, -0.25) is 0 Å². The van der Waals surface area contributed by atoms with Gasteiger partial charge in [-0.15, -0.1) is 0 Å². The SMILES string of the molecule is CCCSCC(NCC)C1CCCC1. The number of hydrogen-bond acceptors (Lipinski definition) is 2. The quantitative estimate of drug-likeness (QED) is 0.654. The summed E-state index contributed by atoms with van der Waals surface area (Å²) in [5, 5.41) is 3.66. The van der Waals surface area contributed by atoms with Crippen LogP contribution in [-0.4, -0.2) is 24.1 Å². The first-order valence-electron chi connectivity index (χ1n) is 6.19. The Hall–Kier alpha value is 0.310. The third-order valence-electron chi connectivity index (χ3n) is 3.08. The molecule has 1 saturated carbocycles. The Morgan fingerprint density at radius 1 is 1.29 bits per heavy atom. The molecule has 0 radical (unpaired) electrons. The maximum Gasteiger partial charge on any atom is 0.0186 e. The average molecular weight is 215 g/mol. The summed E-state index contributed by atoms with van der Waals surface area (Å²) in [5.41, 5.74) is 0. The number of hydrogen-bond donors (Lipinski definition) is 1. The predicted octanol–water partition coefficient (Wildman–Crippen LogP) is 3.30. The highest BCUT2D eigenvalue weighted by Crippen LogP contribution is 2.29. The van der Waals surface area contributed by atoms with Crippen molar-refractivity contribution in [3.8, 4) is 0 Å². The molecule has 1 rings (SSSR count). The van der Waals surface area contributed by atoms with E-state index in [9.17, 15) is 0 Å². The van der Waals surface area contributed by atoms with Crippen LogP contribution in [-0.2, 0) is 0 Å². The van der Waals surface area contributed by atoms with Crippen molar-refractivity contribution in [1.82, 2.24) is 5.32 Å². The van der Waals surface area contributed by atoms with E-state index in [2.05, 4.69) is 30.9 Å². The van der Waals surface area contributed by atoms with Gasteiger partial charge in [-0.1, -0.05) is 26.7 Å². The molecule has 0 aromatic rings. The third kappa shape index (κ3) is 4.22. The van der Waals surface area contributed by atoms with Crippen LogP contribution in [0.4, 0.5) is 0 Å². The zero-order chi connectivity index (χ0) is 10.2. The minimum atomic E-state index is 0.791. The zero-order valence-electron chi connectivity index (χ0n) is 9.72. The Morgan fingerprint density at radius 3 is 2.57 bits per heavy atom. The fraction of sp³-hybridized carbons (Fsp3) is 1.00. The van der Waals surface area contributed by atoms with Crippen LogP contribution in [0.1, 0.15) is 46.0 Å². The molecule has 1 aliphatic carbocycles. The molecule has 1 aliphatic rings. The van der Waals surface area contributed by atoms with Crippen LogP contribution in [0.5, 0.6) is 0 Å². The van der Waals surface area contributed by atoms with Crippen LogP contribution in [0.3, 0.4) is 0 Å². The molecule has 0 aromatic carbocycles. The van der Waals surface area contributed by atoms with Gasteiger partial charge >= 0.3 is 0 Å². The van der Waals surface area contributed by atoms with Gasteiger partial charge in [0.1, 0.15) is 0 Å². The molecule has 0 bridgehead atoms. The Labute approximate surface area is 93.4 Å². The molecule has 14 heavy (non-hydrogen) atoms. The minimum absolute atomic E-state index is 0.791. The molecule has 0 amide bonds. The number of rotatable bonds is 7. The Kier molecular flexibility index (Phi) is 6.70. The van der Waals surface area contributed by atoms with E-state index >= 15 is 0 Å². The van der Waals surface area contributed by atoms with Crippen LogP contribution >= 0.6 is 11.8 Å². The number of thioether (sulfide) groups is 1. The molecule has 1 N–H and O–H groups in total. The Bertz CT molecular complexity index is 132. The van der Waals surface area contributed by atoms with Gasteiger partial charge in [-0.2, -0.15) is 11.8 Å². The highest BCUT2D eigenvalue weighted by Gasteiger charge is 2.23. The molecule has 1 unspecified atom stereocenters. The lowest BCUT2D eigenvalue weighted by atomic mass is 10.00. The van der Waals surface area contributed by atoms with Gasteiger partial charge in [-0.25, -0.2) is 0 Å². The van der Waals surface area contributed by atoms with Gasteiger partial charge in [0.2, 0.25) is 0 Å². The van der Waals surface area contributed by atoms with E-state index < -0.39 is 0 Å². The topological polar surface area (TPSA) is 12.0 Å². The van der Waals surface area contributed by atoms with Gasteiger partial charge in [0.05, 0.1) is 0 Å². The second-order valence-electron chi connectivity index (χ2n) is 4.28. The van der Waals surface area contributed by atoms with Gasteiger partial charge in [0.25, 0.3) is 0 Å². The molecule has 0 spiro atoms. The lowest BCUT2D eigenvalue weighted by Gasteiger charge is -2.23. The molecule has 1 fully saturated rings. The molecule has 0 saturated heterocycles. The molecule has 84 valence electrons. The Balaban J connectivity index is 2.22. The summed E-state index contributed by atoms with van der Waals surface area (Å²) in [5.74, 6) is 3.63. The van der Waals surface area contributed by atoms with Crippen molar-refractivity contribution in [1.29, 1.82) is 0 Å². The maximum absolute atomic E-state index is 3.66. The monoisotopic (exact) mass is 215 g/mol. The molecular weight excluding hydrogens is 190 g/mol. The molecule has 0 aromatic heterocycles. The van der Waals surface area contributed by atoms with E-state index in [1.807, 2.05) is 0 Å². The average Bonchev–Trinajstić information content (AvgIpc) is 2.70. The van der Waals surface area contributed by atoms with Gasteiger partial charge < -0.3 is 5.32 Å². The summed E-state index contributed by atoms with van der Waals surface area (Å²) in [4.78, 5) is 0. The van der Waals surface area contributed by atoms with E-state index in [-0.39, 0.29) is 0 Å². The summed E-state index contributed by atoms with van der Waals surface area (Å²) < 4.78 is 0. The smallest absolute Gasteiger partial charge is 0.0186 e. The van der Waals surface area contributed by atoms with E-state index in [0.717, 1.165) is 18.5 Å². The Morgan fingerprint density at radius 2 is 2.00 bits per heavy atom. The fourth-order valence-electron chi connectivity index (χ4n) is 2.34. The van der Waals surface area contributed by atoms with Crippen molar-refractivity contribution < 1.29 is 0 Å². The first-order chi connectivity index (χ1) is 6.88. The first-order valence-corrected chi connectivity index (χ1v) is 7.35. The second kappa shape index (κ2) is 7.58. The van der Waals surface area contributed by atoms with Crippen molar-refractivity contribution in [3.63, 3.8) is 0 Å². The van der Waals surface area contributed by atoms with E-state index in [1.165, 1.54) is 43.6 Å². The van der Waals surface area contributed by atoms with Gasteiger partial charge in [0, 0.05) is 11.8 Å². The first kappa shape index (κ1) is 12.4. The summed E-state index contributed by atoms with van der Waals surface area (Å²) >= 11 is 2.13. The minimum Gasteiger partial charge on any atom is -0.313 e. The van der Waals surface area contributed by atoms with E-state index in [1.54, 1.807) is 0 Å². The van der Waals surface area contributed by atoms with Gasteiger partial charge in [0.15, 0.2) is 0 Å². The van der Waals surface area contributed by atoms with Crippen LogP contribution in [0, 0.1) is 5.92 Å². The van der Waals surface area contributed by atoms with Gasteiger partial charge in [-0.05, 0) is 37.5 Å². The second-order valence-corrected chi connectivity index (χ2v) is 5.43.